The maximum atomic E-state index is 12.3. The first-order valence-electron chi connectivity index (χ1n) is 9.14. The molecular formula is C22H20Cl2NO5P. The molecule has 0 spiro atoms. The first kappa shape index (κ1) is 23.4. The number of benzene rings is 3. The van der Waals surface area contributed by atoms with Gasteiger partial charge in [0.15, 0.2) is 0 Å². The average Bonchev–Trinajstić information content (AvgIpc) is 2.77. The number of hydrogen-bond donors (Lipinski definition) is 1. The van der Waals surface area contributed by atoms with Crippen LogP contribution in [0.25, 0.3) is 0 Å². The predicted octanol–water partition coefficient (Wildman–Crippen LogP) is 0.519. The van der Waals surface area contributed by atoms with Crippen molar-refractivity contribution in [3.05, 3.63) is 102 Å². The second kappa shape index (κ2) is 9.07. The Morgan fingerprint density at radius 2 is 1.19 bits per heavy atom. The normalized spacial score (nSPS) is 13.8. The van der Waals surface area contributed by atoms with E-state index in [9.17, 15) is 18.8 Å². The second-order valence-corrected chi connectivity index (χ2v) is 12.3. The van der Waals surface area contributed by atoms with Gasteiger partial charge >= 0.3 is 188 Å². The van der Waals surface area contributed by atoms with Gasteiger partial charge in [-0.2, -0.15) is 0 Å². The fraction of sp³-hybridized carbons (Fsp3) is 0.0455. The van der Waals surface area contributed by atoms with Gasteiger partial charge in [0.25, 0.3) is 0 Å². The predicted molar refractivity (Wildman–Crippen MR) is 114 cm³/mol. The van der Waals surface area contributed by atoms with E-state index in [1.54, 1.807) is 91.0 Å². The van der Waals surface area contributed by atoms with Gasteiger partial charge in [0.05, 0.1) is 0 Å². The van der Waals surface area contributed by atoms with Crippen LogP contribution in [-0.4, -0.2) is 5.91 Å². The van der Waals surface area contributed by atoms with Crippen LogP contribution in [0.3, 0.4) is 0 Å². The van der Waals surface area contributed by atoms with Gasteiger partial charge in [-0.1, -0.05) is 0 Å². The summed E-state index contributed by atoms with van der Waals surface area (Å²) in [4.78, 5) is 12.2. The topological polar surface area (TPSA) is 108 Å². The molecule has 0 bridgehead atoms. The van der Waals surface area contributed by atoms with Crippen LogP contribution in [-0.2, 0) is 8.87 Å². The van der Waals surface area contributed by atoms with Crippen molar-refractivity contribution in [2.45, 2.75) is 6.92 Å². The summed E-state index contributed by atoms with van der Waals surface area (Å²) in [5, 5.41) is 3.77. The zero-order chi connectivity index (χ0) is 22.6. The summed E-state index contributed by atoms with van der Waals surface area (Å²) in [6.45, 7) is -3.59. The Hall–Kier alpha value is -2.28. The van der Waals surface area contributed by atoms with E-state index in [0.717, 1.165) is 5.54 Å². The number of carbonyl (C=O) groups is 1. The third-order valence-electron chi connectivity index (χ3n) is 4.84. The van der Waals surface area contributed by atoms with Crippen molar-refractivity contribution in [3.63, 3.8) is 0 Å². The molecule has 0 atom stereocenters. The molecule has 0 aliphatic rings. The van der Waals surface area contributed by atoms with Gasteiger partial charge in [-0.25, -0.2) is 0 Å². The Morgan fingerprint density at radius 1 is 0.839 bits per heavy atom. The number of carbonyl (C=O) groups excluding carboxylic acids is 1. The molecule has 3 aromatic rings. The van der Waals surface area contributed by atoms with Crippen LogP contribution in [0.15, 0.2) is 102 Å². The molecule has 0 aromatic heterocycles. The molecule has 162 valence electrons. The van der Waals surface area contributed by atoms with Crippen molar-refractivity contribution in [3.8, 4) is 0 Å². The SMILES string of the molecule is CC(=O)N/C(=C\Cl)P(O[Cl+3]([O-])([O-])[O-])(c1ccccc1)(c1ccccc1)c1ccccc1. The Balaban J connectivity index is 2.67. The molecule has 1 N–H and O–H groups in total. The first-order chi connectivity index (χ1) is 14.7. The van der Waals surface area contributed by atoms with Crippen molar-refractivity contribution >= 4 is 40.3 Å². The van der Waals surface area contributed by atoms with E-state index in [-0.39, 0.29) is 5.44 Å². The second-order valence-electron chi connectivity index (χ2n) is 6.67. The molecule has 9 heteroatoms. The number of hydrogen-bond acceptors (Lipinski definition) is 5. The van der Waals surface area contributed by atoms with E-state index < -0.39 is 23.0 Å². The molecule has 0 saturated heterocycles. The molecule has 1 amide bonds. The number of amides is 1. The standard InChI is InChI=1S/C22H20Cl2NO5P/c1-18(26)25-22(17-23)31(30-24(27,28)29,19-11-5-2-6-12-19,20-13-7-3-8-14-20)21-15-9-4-10-16-21/h2-17H,1H3,(H,25,26)/b22-17+. The fourth-order valence-corrected chi connectivity index (χ4v) is 11.5. The van der Waals surface area contributed by atoms with E-state index in [0.29, 0.717) is 15.9 Å². The summed E-state index contributed by atoms with van der Waals surface area (Å²) in [5.41, 5.74) is 1.03. The summed E-state index contributed by atoms with van der Waals surface area (Å²) >= 11 is 6.24. The molecule has 31 heavy (non-hydrogen) atoms. The van der Waals surface area contributed by atoms with Gasteiger partial charge < -0.3 is 0 Å². The van der Waals surface area contributed by atoms with E-state index in [2.05, 4.69) is 5.32 Å². The molecule has 0 aliphatic carbocycles. The average molecular weight is 480 g/mol. The molecule has 3 aromatic carbocycles. The molecule has 0 heterocycles. The Labute approximate surface area is 187 Å². The summed E-state index contributed by atoms with van der Waals surface area (Å²) in [6, 6.07) is 25.3. The van der Waals surface area contributed by atoms with E-state index >= 15 is 0 Å². The van der Waals surface area contributed by atoms with Crippen LogP contribution >= 0.6 is 18.4 Å². The number of nitrogens with one attached hydrogen (secondary N) is 1. The monoisotopic (exact) mass is 479 g/mol. The van der Waals surface area contributed by atoms with Crippen LogP contribution in [0.1, 0.15) is 6.92 Å². The number of halogens is 2. The third-order valence-corrected chi connectivity index (χ3v) is 12.0. The molecule has 6 nitrogen and oxygen atoms in total. The minimum atomic E-state index is -4.98. The molecule has 0 fully saturated rings. The van der Waals surface area contributed by atoms with Crippen LogP contribution < -0.4 is 35.2 Å². The van der Waals surface area contributed by atoms with Gasteiger partial charge in [0, 0.05) is 0 Å². The van der Waals surface area contributed by atoms with Crippen molar-refractivity contribution < 1.29 is 33.1 Å². The van der Waals surface area contributed by atoms with Crippen molar-refractivity contribution in [2.75, 3.05) is 0 Å². The van der Waals surface area contributed by atoms with Gasteiger partial charge in [-0.3, -0.25) is 0 Å². The van der Waals surface area contributed by atoms with Gasteiger partial charge in [-0.05, 0) is 0 Å². The molecule has 0 unspecified atom stereocenters. The quantitative estimate of drug-likeness (QED) is 0.497. The first-order valence-corrected chi connectivity index (χ1v) is 13.0. The Bertz CT molecular complexity index is 974. The summed E-state index contributed by atoms with van der Waals surface area (Å²) in [6.07, 6.45) is 0. The fourth-order valence-electron chi connectivity index (χ4n) is 3.73. The molecular weight excluding hydrogens is 460 g/mol. The van der Waals surface area contributed by atoms with Gasteiger partial charge in [0.1, 0.15) is 0 Å². The zero-order valence-corrected chi connectivity index (χ0v) is 18.9. The van der Waals surface area contributed by atoms with Gasteiger partial charge in [0.2, 0.25) is 0 Å². The molecule has 0 aliphatic heterocycles. The molecule has 0 radical (unpaired) electrons. The van der Waals surface area contributed by atoms with Crippen molar-refractivity contribution in [1.29, 1.82) is 0 Å². The third kappa shape index (κ3) is 4.12. The molecule has 3 rings (SSSR count). The van der Waals surface area contributed by atoms with E-state index in [4.69, 9.17) is 15.7 Å². The van der Waals surface area contributed by atoms with Crippen molar-refractivity contribution in [1.82, 2.24) is 5.32 Å². The zero-order valence-electron chi connectivity index (χ0n) is 16.5. The summed E-state index contributed by atoms with van der Waals surface area (Å²) in [5.74, 6) is -0.507. The number of rotatable bonds is 7. The van der Waals surface area contributed by atoms with E-state index in [1.165, 1.54) is 6.92 Å². The Kier molecular flexibility index (Phi) is 6.84. The van der Waals surface area contributed by atoms with Crippen LogP contribution in [0, 0.1) is 10.2 Å². The van der Waals surface area contributed by atoms with Crippen LogP contribution in [0.5, 0.6) is 0 Å². The maximum absolute atomic E-state index is 12.3. The minimum absolute atomic E-state index is 0.0318. The summed E-state index contributed by atoms with van der Waals surface area (Å²) < 4.78 is 42.6. The molecule has 0 saturated carbocycles. The van der Waals surface area contributed by atoms with Crippen LogP contribution in [0.2, 0.25) is 0 Å². The van der Waals surface area contributed by atoms with E-state index in [1.807, 2.05) is 0 Å². The van der Waals surface area contributed by atoms with Crippen LogP contribution in [0.4, 0.5) is 0 Å². The van der Waals surface area contributed by atoms with Crippen molar-refractivity contribution in [2.24, 2.45) is 0 Å². The summed E-state index contributed by atoms with van der Waals surface area (Å²) in [7, 11) is -4.98. The van der Waals surface area contributed by atoms with Gasteiger partial charge in [-0.15, -0.1) is 0 Å². The Morgan fingerprint density at radius 3 is 1.45 bits per heavy atom.